The Bertz CT molecular complexity index is 689. The molecule has 0 atom stereocenters. The number of imidazole rings is 1. The summed E-state index contributed by atoms with van der Waals surface area (Å²) in [5.41, 5.74) is 1.82. The van der Waals surface area contributed by atoms with Crippen molar-refractivity contribution in [2.24, 2.45) is 0 Å². The Morgan fingerprint density at radius 3 is 2.86 bits per heavy atom. The van der Waals surface area contributed by atoms with Gasteiger partial charge in [0, 0.05) is 5.54 Å². The zero-order chi connectivity index (χ0) is 15.0. The second-order valence-corrected chi connectivity index (χ2v) is 6.80. The van der Waals surface area contributed by atoms with E-state index in [0.29, 0.717) is 5.02 Å². The maximum atomic E-state index is 10.9. The molecular formula is C15H17ClN2O2S. The molecule has 0 amide bonds. The summed E-state index contributed by atoms with van der Waals surface area (Å²) in [6.45, 7) is 2.17. The number of para-hydroxylation sites is 1. The van der Waals surface area contributed by atoms with E-state index in [2.05, 4.69) is 16.5 Å². The fraction of sp³-hybridized carbons (Fsp3) is 0.467. The molecule has 1 aliphatic carbocycles. The third-order valence-corrected chi connectivity index (χ3v) is 5.57. The average molecular weight is 325 g/mol. The van der Waals surface area contributed by atoms with Gasteiger partial charge in [0.05, 0.1) is 21.8 Å². The quantitative estimate of drug-likeness (QED) is 0.839. The minimum atomic E-state index is -0.830. The van der Waals surface area contributed by atoms with E-state index in [9.17, 15) is 4.79 Å². The van der Waals surface area contributed by atoms with Gasteiger partial charge in [-0.05, 0) is 37.8 Å². The minimum Gasteiger partial charge on any atom is -0.481 e. The van der Waals surface area contributed by atoms with Gasteiger partial charge in [-0.3, -0.25) is 4.79 Å². The Hall–Kier alpha value is -1.20. The second kappa shape index (κ2) is 5.54. The summed E-state index contributed by atoms with van der Waals surface area (Å²) in [7, 11) is 0. The first-order valence-corrected chi connectivity index (χ1v) is 8.46. The predicted molar refractivity (Wildman–Crippen MR) is 85.2 cm³/mol. The molecule has 1 fully saturated rings. The van der Waals surface area contributed by atoms with Crippen LogP contribution in [-0.4, -0.2) is 26.4 Å². The van der Waals surface area contributed by atoms with Gasteiger partial charge in [-0.25, -0.2) is 4.98 Å². The molecular weight excluding hydrogens is 308 g/mol. The number of carbonyl (C=O) groups is 1. The van der Waals surface area contributed by atoms with Gasteiger partial charge >= 0.3 is 5.97 Å². The lowest BCUT2D eigenvalue weighted by molar-refractivity contribution is -0.133. The molecule has 21 heavy (non-hydrogen) atoms. The Morgan fingerprint density at radius 1 is 1.52 bits per heavy atom. The SMILES string of the molecule is CCC1(n2c(SCC(=O)O)nc3cccc(Cl)c32)CCC1. The van der Waals surface area contributed by atoms with E-state index in [4.69, 9.17) is 16.7 Å². The van der Waals surface area contributed by atoms with Crippen molar-refractivity contribution in [3.05, 3.63) is 23.2 Å². The Morgan fingerprint density at radius 2 is 2.29 bits per heavy atom. The maximum Gasteiger partial charge on any atom is 0.313 e. The van der Waals surface area contributed by atoms with Crippen LogP contribution in [0.1, 0.15) is 32.6 Å². The summed E-state index contributed by atoms with van der Waals surface area (Å²) in [4.78, 5) is 15.5. The van der Waals surface area contributed by atoms with Crippen molar-refractivity contribution in [2.75, 3.05) is 5.75 Å². The number of rotatable bonds is 5. The van der Waals surface area contributed by atoms with Crippen LogP contribution in [0, 0.1) is 0 Å². The number of nitrogens with zero attached hydrogens (tertiary/aromatic N) is 2. The van der Waals surface area contributed by atoms with Crippen molar-refractivity contribution in [2.45, 2.75) is 43.3 Å². The number of benzene rings is 1. The normalized spacial score (nSPS) is 16.9. The molecule has 0 bridgehead atoms. The molecule has 0 radical (unpaired) electrons. The molecule has 1 heterocycles. The zero-order valence-electron chi connectivity index (χ0n) is 11.8. The van der Waals surface area contributed by atoms with Crippen LogP contribution in [0.2, 0.25) is 5.02 Å². The Labute approximate surface area is 132 Å². The maximum absolute atomic E-state index is 10.9. The molecule has 1 aromatic heterocycles. The lowest BCUT2D eigenvalue weighted by Gasteiger charge is -2.44. The van der Waals surface area contributed by atoms with Crippen LogP contribution in [0.3, 0.4) is 0 Å². The molecule has 4 nitrogen and oxygen atoms in total. The van der Waals surface area contributed by atoms with Crippen LogP contribution in [0.5, 0.6) is 0 Å². The van der Waals surface area contributed by atoms with Crippen molar-refractivity contribution >= 4 is 40.4 Å². The summed E-state index contributed by atoms with van der Waals surface area (Å²) >= 11 is 7.67. The molecule has 0 unspecified atom stereocenters. The van der Waals surface area contributed by atoms with Crippen molar-refractivity contribution < 1.29 is 9.90 Å². The van der Waals surface area contributed by atoms with E-state index in [1.165, 1.54) is 18.2 Å². The number of carboxylic acids is 1. The lowest BCUT2D eigenvalue weighted by atomic mass is 9.74. The molecule has 1 saturated carbocycles. The molecule has 1 aliphatic rings. The second-order valence-electron chi connectivity index (χ2n) is 5.45. The highest BCUT2D eigenvalue weighted by Gasteiger charge is 2.40. The van der Waals surface area contributed by atoms with E-state index in [-0.39, 0.29) is 11.3 Å². The molecule has 1 aromatic carbocycles. The minimum absolute atomic E-state index is 0.0146. The summed E-state index contributed by atoms with van der Waals surface area (Å²) in [5, 5.41) is 10.4. The highest BCUT2D eigenvalue weighted by atomic mass is 35.5. The third-order valence-electron chi connectivity index (χ3n) is 4.34. The van der Waals surface area contributed by atoms with E-state index in [0.717, 1.165) is 35.5 Å². The number of thioether (sulfide) groups is 1. The highest BCUT2D eigenvalue weighted by molar-refractivity contribution is 7.99. The van der Waals surface area contributed by atoms with Gasteiger partial charge in [0.25, 0.3) is 0 Å². The number of halogens is 1. The van der Waals surface area contributed by atoms with Crippen molar-refractivity contribution in [3.8, 4) is 0 Å². The van der Waals surface area contributed by atoms with E-state index in [1.54, 1.807) is 0 Å². The number of aliphatic carboxylic acids is 1. The van der Waals surface area contributed by atoms with Crippen LogP contribution in [0.15, 0.2) is 23.4 Å². The molecule has 2 aromatic rings. The highest BCUT2D eigenvalue weighted by Crippen LogP contribution is 2.47. The molecule has 0 spiro atoms. The van der Waals surface area contributed by atoms with Gasteiger partial charge in [0.2, 0.25) is 0 Å². The van der Waals surface area contributed by atoms with Crippen LogP contribution < -0.4 is 0 Å². The standard InChI is InChI=1S/C15H17ClN2O2S/c1-2-15(7-4-8-15)18-13-10(16)5-3-6-11(13)17-14(18)21-9-12(19)20/h3,5-6H,2,4,7-9H2,1H3,(H,19,20). The van der Waals surface area contributed by atoms with Gasteiger partial charge in [-0.1, -0.05) is 36.4 Å². The Balaban J connectivity index is 2.17. The fourth-order valence-electron chi connectivity index (χ4n) is 3.05. The molecule has 0 aliphatic heterocycles. The van der Waals surface area contributed by atoms with Crippen LogP contribution in [0.4, 0.5) is 0 Å². The third kappa shape index (κ3) is 2.42. The first-order chi connectivity index (χ1) is 10.1. The zero-order valence-corrected chi connectivity index (χ0v) is 13.4. The number of aromatic nitrogens is 2. The van der Waals surface area contributed by atoms with Crippen LogP contribution >= 0.6 is 23.4 Å². The molecule has 1 N–H and O–H groups in total. The monoisotopic (exact) mass is 324 g/mol. The summed E-state index contributed by atoms with van der Waals surface area (Å²) in [5.74, 6) is -0.815. The Kier molecular flexibility index (Phi) is 3.88. The van der Waals surface area contributed by atoms with Gasteiger partial charge < -0.3 is 9.67 Å². The topological polar surface area (TPSA) is 55.1 Å². The van der Waals surface area contributed by atoms with Gasteiger partial charge in [0.1, 0.15) is 0 Å². The summed E-state index contributed by atoms with van der Waals surface area (Å²) < 4.78 is 2.20. The number of hydrogen-bond acceptors (Lipinski definition) is 3. The summed E-state index contributed by atoms with van der Waals surface area (Å²) in [6, 6.07) is 5.69. The lowest BCUT2D eigenvalue weighted by Crippen LogP contribution is -2.40. The van der Waals surface area contributed by atoms with E-state index >= 15 is 0 Å². The van der Waals surface area contributed by atoms with Crippen molar-refractivity contribution in [1.82, 2.24) is 9.55 Å². The van der Waals surface area contributed by atoms with E-state index < -0.39 is 5.97 Å². The summed E-state index contributed by atoms with van der Waals surface area (Å²) in [6.07, 6.45) is 4.40. The van der Waals surface area contributed by atoms with Gasteiger partial charge in [-0.15, -0.1) is 0 Å². The molecule has 0 saturated heterocycles. The fourth-order valence-corrected chi connectivity index (χ4v) is 4.13. The average Bonchev–Trinajstić information content (AvgIpc) is 2.77. The van der Waals surface area contributed by atoms with Crippen LogP contribution in [-0.2, 0) is 10.3 Å². The van der Waals surface area contributed by atoms with Crippen molar-refractivity contribution in [1.29, 1.82) is 0 Å². The smallest absolute Gasteiger partial charge is 0.313 e. The number of fused-ring (bicyclic) bond motifs is 1. The molecule has 112 valence electrons. The number of hydrogen-bond donors (Lipinski definition) is 1. The largest absolute Gasteiger partial charge is 0.481 e. The molecule has 3 rings (SSSR count). The van der Waals surface area contributed by atoms with E-state index in [1.807, 2.05) is 18.2 Å². The van der Waals surface area contributed by atoms with Crippen LogP contribution in [0.25, 0.3) is 11.0 Å². The van der Waals surface area contributed by atoms with Gasteiger partial charge in [0.15, 0.2) is 5.16 Å². The molecule has 6 heteroatoms. The first kappa shape index (κ1) is 14.7. The number of carboxylic acid groups (broad SMARTS) is 1. The first-order valence-electron chi connectivity index (χ1n) is 7.09. The van der Waals surface area contributed by atoms with Crippen molar-refractivity contribution in [3.63, 3.8) is 0 Å². The predicted octanol–water partition coefficient (Wildman–Crippen LogP) is 4.16. The van der Waals surface area contributed by atoms with Gasteiger partial charge in [-0.2, -0.15) is 0 Å².